The molecular weight excluding hydrogens is 276 g/mol. The first-order valence-corrected chi connectivity index (χ1v) is 8.25. The van der Waals surface area contributed by atoms with Crippen molar-refractivity contribution in [1.29, 1.82) is 0 Å². The predicted octanol–water partition coefficient (Wildman–Crippen LogP) is 2.81. The van der Waals surface area contributed by atoms with Gasteiger partial charge in [0.15, 0.2) is 6.29 Å². The van der Waals surface area contributed by atoms with Gasteiger partial charge in [-0.2, -0.15) is 0 Å². The Morgan fingerprint density at radius 1 is 1.27 bits per heavy atom. The Kier molecular flexibility index (Phi) is 6.19. The molecule has 0 unspecified atom stereocenters. The number of anilines is 2. The molecule has 0 bridgehead atoms. The number of rotatable bonds is 6. The van der Waals surface area contributed by atoms with Crippen LogP contribution in [0.25, 0.3) is 0 Å². The van der Waals surface area contributed by atoms with E-state index in [2.05, 4.69) is 22.6 Å². The molecule has 0 radical (unpaired) electrons. The van der Waals surface area contributed by atoms with E-state index >= 15 is 0 Å². The molecule has 1 aliphatic rings. The Morgan fingerprint density at radius 3 is 2.50 bits per heavy atom. The second-order valence-electron chi connectivity index (χ2n) is 6.06. The highest BCUT2D eigenvalue weighted by Gasteiger charge is 2.21. The Balaban J connectivity index is 2.33. The number of carbonyl (C=O) groups is 1. The Labute approximate surface area is 133 Å². The number of hydrogen-bond donors (Lipinski definition) is 2. The van der Waals surface area contributed by atoms with Crippen LogP contribution in [0, 0.1) is 0 Å². The fourth-order valence-electron chi connectivity index (χ4n) is 3.29. The highest BCUT2D eigenvalue weighted by molar-refractivity contribution is 5.84. The summed E-state index contributed by atoms with van der Waals surface area (Å²) in [7, 11) is 5.84. The van der Waals surface area contributed by atoms with Gasteiger partial charge in [-0.05, 0) is 26.0 Å². The summed E-state index contributed by atoms with van der Waals surface area (Å²) < 4.78 is 0. The lowest BCUT2D eigenvalue weighted by Gasteiger charge is -2.30. The zero-order valence-electron chi connectivity index (χ0n) is 14.0. The van der Waals surface area contributed by atoms with Crippen LogP contribution in [0.4, 0.5) is 11.6 Å². The van der Waals surface area contributed by atoms with E-state index in [-0.39, 0.29) is 0 Å². The molecule has 0 saturated heterocycles. The second-order valence-corrected chi connectivity index (χ2v) is 6.06. The van der Waals surface area contributed by atoms with Crippen molar-refractivity contribution >= 4 is 17.9 Å². The summed E-state index contributed by atoms with van der Waals surface area (Å²) in [6.07, 6.45) is 8.47. The molecule has 1 aromatic heterocycles. The number of pyridine rings is 1. The summed E-state index contributed by atoms with van der Waals surface area (Å²) in [5, 5.41) is 6.27. The number of hydrogen-bond acceptors (Lipinski definition) is 5. The van der Waals surface area contributed by atoms with Gasteiger partial charge in [0.2, 0.25) is 0 Å². The lowest BCUT2D eigenvalue weighted by atomic mass is 10.1. The van der Waals surface area contributed by atoms with Gasteiger partial charge in [-0.1, -0.05) is 25.7 Å². The molecule has 0 atom stereocenters. The first-order valence-electron chi connectivity index (χ1n) is 8.25. The van der Waals surface area contributed by atoms with Gasteiger partial charge in [0.1, 0.15) is 11.6 Å². The predicted molar refractivity (Wildman–Crippen MR) is 91.8 cm³/mol. The zero-order valence-corrected chi connectivity index (χ0v) is 14.0. The first kappa shape index (κ1) is 16.7. The minimum atomic E-state index is 0.480. The van der Waals surface area contributed by atoms with Gasteiger partial charge in [0.25, 0.3) is 0 Å². The molecule has 2 rings (SSSR count). The van der Waals surface area contributed by atoms with E-state index < -0.39 is 0 Å². The minimum Gasteiger partial charge on any atom is -0.373 e. The van der Waals surface area contributed by atoms with Gasteiger partial charge >= 0.3 is 0 Å². The van der Waals surface area contributed by atoms with Crippen LogP contribution in [-0.4, -0.2) is 38.5 Å². The van der Waals surface area contributed by atoms with E-state index in [1.165, 1.54) is 38.5 Å². The highest BCUT2D eigenvalue weighted by atomic mass is 16.1. The van der Waals surface area contributed by atoms with Crippen molar-refractivity contribution in [3.05, 3.63) is 17.2 Å². The van der Waals surface area contributed by atoms with Crippen LogP contribution in [-0.2, 0) is 6.54 Å². The topological polar surface area (TPSA) is 57.3 Å². The van der Waals surface area contributed by atoms with Gasteiger partial charge in [-0.25, -0.2) is 4.98 Å². The average Bonchev–Trinajstić information content (AvgIpc) is 2.83. The largest absolute Gasteiger partial charge is 0.373 e. The van der Waals surface area contributed by atoms with E-state index in [4.69, 9.17) is 4.98 Å². The van der Waals surface area contributed by atoms with Crippen molar-refractivity contribution in [2.24, 2.45) is 0 Å². The van der Waals surface area contributed by atoms with Gasteiger partial charge in [0.05, 0.1) is 5.56 Å². The van der Waals surface area contributed by atoms with E-state index in [1.54, 1.807) is 0 Å². The van der Waals surface area contributed by atoms with Crippen LogP contribution in [0.3, 0.4) is 0 Å². The van der Waals surface area contributed by atoms with Crippen molar-refractivity contribution in [2.75, 3.05) is 31.4 Å². The van der Waals surface area contributed by atoms with Crippen molar-refractivity contribution in [1.82, 2.24) is 10.3 Å². The van der Waals surface area contributed by atoms with E-state index in [9.17, 15) is 4.79 Å². The normalized spacial score (nSPS) is 16.1. The molecule has 0 aromatic carbocycles. The van der Waals surface area contributed by atoms with Crippen LogP contribution in [0.2, 0.25) is 0 Å². The molecule has 122 valence electrons. The Morgan fingerprint density at radius 2 is 1.95 bits per heavy atom. The standard InChI is InChI=1S/C17H28N4O/c1-18-11-13-10-14(12-22)17(20-16(13)19-2)21(3)15-8-6-4-5-7-9-15/h10,12,15,18H,4-9,11H2,1-3H3,(H,19,20). The number of carbonyl (C=O) groups excluding carboxylic acids is 1. The van der Waals surface area contributed by atoms with Crippen LogP contribution in [0.15, 0.2) is 6.07 Å². The molecule has 5 nitrogen and oxygen atoms in total. The average molecular weight is 304 g/mol. The van der Waals surface area contributed by atoms with E-state index in [0.29, 0.717) is 18.2 Å². The van der Waals surface area contributed by atoms with E-state index in [0.717, 1.165) is 23.5 Å². The number of aldehydes is 1. The quantitative estimate of drug-likeness (QED) is 0.625. The van der Waals surface area contributed by atoms with Crippen LogP contribution in [0.1, 0.15) is 54.4 Å². The second kappa shape index (κ2) is 8.13. The smallest absolute Gasteiger partial charge is 0.153 e. The maximum Gasteiger partial charge on any atom is 0.153 e. The lowest BCUT2D eigenvalue weighted by Crippen LogP contribution is -2.33. The molecule has 5 heteroatoms. The molecular formula is C17H28N4O. The summed E-state index contributed by atoms with van der Waals surface area (Å²) in [4.78, 5) is 18.5. The van der Waals surface area contributed by atoms with Crippen LogP contribution >= 0.6 is 0 Å². The molecule has 1 saturated carbocycles. The zero-order chi connectivity index (χ0) is 15.9. The molecule has 0 spiro atoms. The SMILES string of the molecule is CNCc1cc(C=O)c(N(C)C2CCCCCC2)nc1NC. The summed E-state index contributed by atoms with van der Waals surface area (Å²) in [6.45, 7) is 0.692. The fourth-order valence-corrected chi connectivity index (χ4v) is 3.29. The Bertz CT molecular complexity index is 496. The fraction of sp³-hybridized carbons (Fsp3) is 0.647. The van der Waals surface area contributed by atoms with E-state index in [1.807, 2.05) is 20.2 Å². The summed E-state index contributed by atoms with van der Waals surface area (Å²) in [5.41, 5.74) is 1.70. The van der Waals surface area contributed by atoms with Crippen molar-refractivity contribution in [2.45, 2.75) is 51.1 Å². The van der Waals surface area contributed by atoms with Crippen molar-refractivity contribution in [3.8, 4) is 0 Å². The third-order valence-corrected chi connectivity index (χ3v) is 4.55. The van der Waals surface area contributed by atoms with Crippen LogP contribution in [0.5, 0.6) is 0 Å². The molecule has 22 heavy (non-hydrogen) atoms. The van der Waals surface area contributed by atoms with Gasteiger partial charge in [-0.3, -0.25) is 4.79 Å². The third-order valence-electron chi connectivity index (χ3n) is 4.55. The summed E-state index contributed by atoms with van der Waals surface area (Å²) in [5.74, 6) is 1.64. The number of aromatic nitrogens is 1. The maximum absolute atomic E-state index is 11.5. The van der Waals surface area contributed by atoms with Crippen LogP contribution < -0.4 is 15.5 Å². The van der Waals surface area contributed by atoms with Gasteiger partial charge in [0, 0.05) is 32.2 Å². The van der Waals surface area contributed by atoms with Crippen molar-refractivity contribution < 1.29 is 4.79 Å². The third kappa shape index (κ3) is 3.77. The van der Waals surface area contributed by atoms with Gasteiger partial charge in [-0.15, -0.1) is 0 Å². The van der Waals surface area contributed by atoms with Gasteiger partial charge < -0.3 is 15.5 Å². The minimum absolute atomic E-state index is 0.480. The Hall–Kier alpha value is -1.62. The summed E-state index contributed by atoms with van der Waals surface area (Å²) >= 11 is 0. The molecule has 1 aromatic rings. The molecule has 1 aliphatic carbocycles. The lowest BCUT2D eigenvalue weighted by molar-refractivity contribution is 0.112. The number of nitrogens with one attached hydrogen (secondary N) is 2. The summed E-state index contributed by atoms with van der Waals surface area (Å²) in [6, 6.07) is 2.43. The maximum atomic E-state index is 11.5. The highest BCUT2D eigenvalue weighted by Crippen LogP contribution is 2.28. The number of nitrogens with zero attached hydrogens (tertiary/aromatic N) is 2. The molecule has 2 N–H and O–H groups in total. The van der Waals surface area contributed by atoms with Crippen molar-refractivity contribution in [3.63, 3.8) is 0 Å². The first-order chi connectivity index (χ1) is 10.7. The molecule has 1 heterocycles. The molecule has 0 amide bonds. The molecule has 0 aliphatic heterocycles. The molecule has 1 fully saturated rings. The monoisotopic (exact) mass is 304 g/mol.